The van der Waals surface area contributed by atoms with Crippen LogP contribution in [0.15, 0.2) is 12.2 Å². The zero-order valence-electron chi connectivity index (χ0n) is 15.1. The van der Waals surface area contributed by atoms with Gasteiger partial charge in [-0.2, -0.15) is 11.8 Å². The molecular formula is C20H34O3S. The van der Waals surface area contributed by atoms with Gasteiger partial charge < -0.3 is 9.84 Å². The molecule has 2 unspecified atom stereocenters. The number of unbranched alkanes of at least 4 members (excludes halogenated alkanes) is 4. The Balaban J connectivity index is 1.65. The van der Waals surface area contributed by atoms with E-state index in [0.29, 0.717) is 18.1 Å². The zero-order valence-corrected chi connectivity index (χ0v) is 15.9. The summed E-state index contributed by atoms with van der Waals surface area (Å²) in [6, 6.07) is 0. The van der Waals surface area contributed by atoms with Crippen LogP contribution >= 0.6 is 11.8 Å². The molecule has 0 spiro atoms. The fourth-order valence-electron chi connectivity index (χ4n) is 4.02. The van der Waals surface area contributed by atoms with Crippen molar-refractivity contribution in [2.24, 2.45) is 11.8 Å². The van der Waals surface area contributed by atoms with Crippen LogP contribution in [-0.2, 0) is 9.53 Å². The van der Waals surface area contributed by atoms with Gasteiger partial charge in [0, 0.05) is 6.42 Å². The van der Waals surface area contributed by atoms with E-state index in [1.165, 1.54) is 50.0 Å². The molecule has 138 valence electrons. The summed E-state index contributed by atoms with van der Waals surface area (Å²) in [5.41, 5.74) is 0. The number of carboxylic acids is 1. The van der Waals surface area contributed by atoms with Gasteiger partial charge in [-0.1, -0.05) is 38.3 Å². The first-order chi connectivity index (χ1) is 11.7. The lowest BCUT2D eigenvalue weighted by molar-refractivity contribution is -0.137. The average molecular weight is 355 g/mol. The van der Waals surface area contributed by atoms with Gasteiger partial charge in [0.25, 0.3) is 0 Å². The first kappa shape index (κ1) is 19.8. The van der Waals surface area contributed by atoms with E-state index in [4.69, 9.17) is 9.84 Å². The summed E-state index contributed by atoms with van der Waals surface area (Å²) >= 11 is 2.13. The van der Waals surface area contributed by atoms with Crippen LogP contribution in [0.5, 0.6) is 0 Å². The summed E-state index contributed by atoms with van der Waals surface area (Å²) in [6.45, 7) is 2.26. The molecule has 0 aromatic rings. The number of fused-ring (bicyclic) bond motifs is 2. The lowest BCUT2D eigenvalue weighted by Gasteiger charge is -2.27. The second-order valence-electron chi connectivity index (χ2n) is 7.25. The molecule has 2 aliphatic rings. The normalized spacial score (nSPS) is 28.9. The van der Waals surface area contributed by atoms with Crippen molar-refractivity contribution in [3.05, 3.63) is 12.2 Å². The van der Waals surface area contributed by atoms with Gasteiger partial charge in [0.2, 0.25) is 0 Å². The van der Waals surface area contributed by atoms with Crippen molar-refractivity contribution in [1.82, 2.24) is 0 Å². The van der Waals surface area contributed by atoms with Crippen LogP contribution in [0.3, 0.4) is 0 Å². The first-order valence-corrected chi connectivity index (χ1v) is 11.0. The van der Waals surface area contributed by atoms with Gasteiger partial charge in [-0.25, -0.2) is 0 Å². The Morgan fingerprint density at radius 1 is 1.12 bits per heavy atom. The van der Waals surface area contributed by atoms with Crippen molar-refractivity contribution in [2.45, 2.75) is 83.3 Å². The molecule has 0 aromatic carbocycles. The van der Waals surface area contributed by atoms with Gasteiger partial charge >= 0.3 is 5.97 Å². The summed E-state index contributed by atoms with van der Waals surface area (Å²) in [5.74, 6) is 3.27. The van der Waals surface area contributed by atoms with Crippen LogP contribution in [0.1, 0.15) is 71.1 Å². The zero-order chi connectivity index (χ0) is 17.2. The average Bonchev–Trinajstić information content (AvgIpc) is 3.15. The summed E-state index contributed by atoms with van der Waals surface area (Å²) < 4.78 is 6.18. The molecule has 0 aliphatic carbocycles. The molecule has 24 heavy (non-hydrogen) atoms. The largest absolute Gasteiger partial charge is 0.481 e. The van der Waals surface area contributed by atoms with Crippen LogP contribution in [0, 0.1) is 11.8 Å². The number of hydrogen-bond acceptors (Lipinski definition) is 3. The molecule has 0 amide bonds. The van der Waals surface area contributed by atoms with Crippen molar-refractivity contribution in [3.8, 4) is 0 Å². The predicted octanol–water partition coefficient (Wildman–Crippen LogP) is 5.29. The highest BCUT2D eigenvalue weighted by molar-refractivity contribution is 7.99. The standard InChI is InChI=1S/C20H34O3S/c1-2-3-4-9-14-24-15-17-16(18-12-13-19(17)23-18)10-7-5-6-8-11-20(21)22/h5,7,16-19H,2-4,6,8-15H2,1H3,(H,21,22)/b7-5-/t16-,17+,18?,19?/m0/s1. The molecule has 0 radical (unpaired) electrons. The Morgan fingerprint density at radius 3 is 2.67 bits per heavy atom. The summed E-state index contributed by atoms with van der Waals surface area (Å²) in [7, 11) is 0. The van der Waals surface area contributed by atoms with E-state index >= 15 is 0 Å². The maximum absolute atomic E-state index is 10.5. The van der Waals surface area contributed by atoms with E-state index < -0.39 is 5.97 Å². The van der Waals surface area contributed by atoms with Gasteiger partial charge in [-0.05, 0) is 61.9 Å². The Kier molecular flexibility index (Phi) is 9.26. The van der Waals surface area contributed by atoms with Gasteiger partial charge in [0.15, 0.2) is 0 Å². The van der Waals surface area contributed by atoms with Gasteiger partial charge in [-0.15, -0.1) is 0 Å². The molecule has 0 aromatic heterocycles. The molecule has 1 N–H and O–H groups in total. The maximum Gasteiger partial charge on any atom is 0.303 e. The lowest BCUT2D eigenvalue weighted by atomic mass is 9.78. The van der Waals surface area contributed by atoms with Gasteiger partial charge in [0.05, 0.1) is 12.2 Å². The smallest absolute Gasteiger partial charge is 0.303 e. The molecule has 2 aliphatic heterocycles. The highest BCUT2D eigenvalue weighted by Gasteiger charge is 2.47. The maximum atomic E-state index is 10.5. The van der Waals surface area contributed by atoms with E-state index in [9.17, 15) is 4.79 Å². The Bertz CT molecular complexity index is 396. The van der Waals surface area contributed by atoms with Crippen LogP contribution in [0.2, 0.25) is 0 Å². The van der Waals surface area contributed by atoms with Gasteiger partial charge in [0.1, 0.15) is 0 Å². The number of rotatable bonds is 13. The second-order valence-corrected chi connectivity index (χ2v) is 8.40. The summed E-state index contributed by atoms with van der Waals surface area (Å²) in [4.78, 5) is 10.5. The number of carboxylic acid groups (broad SMARTS) is 1. The molecule has 3 nitrogen and oxygen atoms in total. The predicted molar refractivity (Wildman–Crippen MR) is 102 cm³/mol. The molecule has 2 heterocycles. The van der Waals surface area contributed by atoms with Crippen molar-refractivity contribution in [3.63, 3.8) is 0 Å². The van der Waals surface area contributed by atoms with Crippen molar-refractivity contribution in [2.75, 3.05) is 11.5 Å². The first-order valence-electron chi connectivity index (χ1n) is 9.82. The Morgan fingerprint density at radius 2 is 1.92 bits per heavy atom. The van der Waals surface area contributed by atoms with Crippen molar-refractivity contribution < 1.29 is 14.6 Å². The Labute approximate surface area is 151 Å². The Hall–Kier alpha value is -0.480. The van der Waals surface area contributed by atoms with E-state index in [1.807, 2.05) is 0 Å². The lowest BCUT2D eigenvalue weighted by Crippen LogP contribution is -2.28. The fourth-order valence-corrected chi connectivity index (χ4v) is 5.33. The van der Waals surface area contributed by atoms with Crippen molar-refractivity contribution in [1.29, 1.82) is 0 Å². The monoisotopic (exact) mass is 354 g/mol. The number of carbonyl (C=O) groups is 1. The third-order valence-corrected chi connectivity index (χ3v) is 6.58. The molecule has 2 fully saturated rings. The molecule has 4 heteroatoms. The number of ether oxygens (including phenoxy) is 1. The van der Waals surface area contributed by atoms with Crippen LogP contribution in [0.25, 0.3) is 0 Å². The van der Waals surface area contributed by atoms with Crippen molar-refractivity contribution >= 4 is 17.7 Å². The van der Waals surface area contributed by atoms with Gasteiger partial charge in [-0.3, -0.25) is 4.79 Å². The molecule has 0 saturated carbocycles. The van der Waals surface area contributed by atoms with Crippen LogP contribution in [-0.4, -0.2) is 34.8 Å². The second kappa shape index (κ2) is 11.2. The number of thioether (sulfide) groups is 1. The third kappa shape index (κ3) is 6.44. The van der Waals surface area contributed by atoms with E-state index in [-0.39, 0.29) is 6.42 Å². The number of allylic oxidation sites excluding steroid dienone is 2. The summed E-state index contributed by atoms with van der Waals surface area (Å²) in [5, 5.41) is 8.66. The minimum Gasteiger partial charge on any atom is -0.481 e. The highest BCUT2D eigenvalue weighted by Crippen LogP contribution is 2.46. The van der Waals surface area contributed by atoms with E-state index in [0.717, 1.165) is 25.2 Å². The third-order valence-electron chi connectivity index (χ3n) is 5.38. The topological polar surface area (TPSA) is 46.5 Å². The molecule has 2 rings (SSSR count). The molecular weight excluding hydrogens is 320 g/mol. The minimum atomic E-state index is -0.694. The number of hydrogen-bond donors (Lipinski definition) is 1. The molecule has 4 atom stereocenters. The van der Waals surface area contributed by atoms with Crippen LogP contribution in [0.4, 0.5) is 0 Å². The fraction of sp³-hybridized carbons (Fsp3) is 0.850. The minimum absolute atomic E-state index is 0.277. The van der Waals surface area contributed by atoms with E-state index in [2.05, 4.69) is 30.8 Å². The molecule has 2 bridgehead atoms. The van der Waals surface area contributed by atoms with E-state index in [1.54, 1.807) is 0 Å². The quantitative estimate of drug-likeness (QED) is 0.360. The SMILES string of the molecule is CCCCCCSC[C@H]1C2CCC(O2)[C@H]1C/C=C\CCCC(=O)O. The van der Waals surface area contributed by atoms with Crippen LogP contribution < -0.4 is 0 Å². The number of aliphatic carboxylic acids is 1. The highest BCUT2D eigenvalue weighted by atomic mass is 32.2. The molecule has 2 saturated heterocycles. The summed E-state index contributed by atoms with van der Waals surface area (Å²) in [6.07, 6.45) is 16.3.